The Balaban J connectivity index is 2.61. The molecule has 0 bridgehead atoms. The van der Waals surface area contributed by atoms with Gasteiger partial charge in [0.2, 0.25) is 10.0 Å². The van der Waals surface area contributed by atoms with Crippen molar-refractivity contribution in [2.24, 2.45) is 5.41 Å². The lowest BCUT2D eigenvalue weighted by Gasteiger charge is -2.25. The van der Waals surface area contributed by atoms with E-state index in [-0.39, 0.29) is 16.9 Å². The Kier molecular flexibility index (Phi) is 5.74. The van der Waals surface area contributed by atoms with Crippen LogP contribution in [0, 0.1) is 5.41 Å². The minimum absolute atomic E-state index is 0.232. The minimum Gasteiger partial charge on any atom is -0.393 e. The summed E-state index contributed by atoms with van der Waals surface area (Å²) in [5.74, 6) is 0. The van der Waals surface area contributed by atoms with Crippen molar-refractivity contribution in [2.75, 3.05) is 6.54 Å². The average Bonchev–Trinajstić information content (AvgIpc) is 2.37. The maximum atomic E-state index is 12.1. The third-order valence-corrected chi connectivity index (χ3v) is 4.83. The normalized spacial score (nSPS) is 14.2. The molecule has 0 fully saturated rings. The fourth-order valence-electron chi connectivity index (χ4n) is 1.75. The Bertz CT molecular complexity index is 515. The van der Waals surface area contributed by atoms with E-state index in [4.69, 9.17) is 0 Å². The van der Waals surface area contributed by atoms with Crippen LogP contribution in [0.25, 0.3) is 0 Å². The molecule has 0 spiro atoms. The Labute approximate surface area is 122 Å². The van der Waals surface area contributed by atoms with Crippen LogP contribution in [0.15, 0.2) is 29.2 Å². The molecule has 114 valence electrons. The number of hydrogen-bond acceptors (Lipinski definition) is 3. The standard InChI is InChI=1S/C15H25NO3S/c1-5-12-6-8-13(9-7-12)20(18,19)16-11-10-14(17)15(2,3)4/h6-9,14,16-17H,5,10-11H2,1-4H3. The van der Waals surface area contributed by atoms with Gasteiger partial charge in [0, 0.05) is 6.54 Å². The molecular weight excluding hydrogens is 274 g/mol. The molecule has 2 N–H and O–H groups in total. The van der Waals surface area contributed by atoms with Gasteiger partial charge in [0.1, 0.15) is 0 Å². The molecule has 1 aromatic carbocycles. The van der Waals surface area contributed by atoms with Crippen LogP contribution in [0.4, 0.5) is 0 Å². The van der Waals surface area contributed by atoms with E-state index in [0.717, 1.165) is 12.0 Å². The molecule has 0 radical (unpaired) electrons. The lowest BCUT2D eigenvalue weighted by Crippen LogP contribution is -2.32. The molecule has 0 aromatic heterocycles. The molecule has 1 unspecified atom stereocenters. The second-order valence-corrected chi connectivity index (χ2v) is 7.83. The quantitative estimate of drug-likeness (QED) is 0.847. The topological polar surface area (TPSA) is 66.4 Å². The summed E-state index contributed by atoms with van der Waals surface area (Å²) < 4.78 is 26.7. The third-order valence-electron chi connectivity index (χ3n) is 3.35. The maximum absolute atomic E-state index is 12.1. The fraction of sp³-hybridized carbons (Fsp3) is 0.600. The summed E-state index contributed by atoms with van der Waals surface area (Å²) >= 11 is 0. The molecule has 0 heterocycles. The van der Waals surface area contributed by atoms with Crippen LogP contribution in [0.2, 0.25) is 0 Å². The van der Waals surface area contributed by atoms with Crippen molar-refractivity contribution in [1.29, 1.82) is 0 Å². The van der Waals surface area contributed by atoms with Crippen molar-refractivity contribution >= 4 is 10.0 Å². The van der Waals surface area contributed by atoms with Gasteiger partial charge < -0.3 is 5.11 Å². The molecular formula is C15H25NO3S. The average molecular weight is 299 g/mol. The largest absolute Gasteiger partial charge is 0.393 e. The molecule has 0 aliphatic rings. The second kappa shape index (κ2) is 6.70. The number of aliphatic hydroxyl groups is 1. The number of aryl methyl sites for hydroxylation is 1. The van der Waals surface area contributed by atoms with Gasteiger partial charge in [0.25, 0.3) is 0 Å². The lowest BCUT2D eigenvalue weighted by atomic mass is 9.87. The van der Waals surface area contributed by atoms with E-state index in [1.54, 1.807) is 12.1 Å². The monoisotopic (exact) mass is 299 g/mol. The number of rotatable bonds is 6. The summed E-state index contributed by atoms with van der Waals surface area (Å²) in [6, 6.07) is 6.86. The molecule has 1 atom stereocenters. The predicted molar refractivity (Wildman–Crippen MR) is 81.1 cm³/mol. The first-order valence-corrected chi connectivity index (χ1v) is 8.42. The zero-order chi connectivity index (χ0) is 15.4. The second-order valence-electron chi connectivity index (χ2n) is 6.07. The van der Waals surface area contributed by atoms with Gasteiger partial charge in [-0.1, -0.05) is 39.8 Å². The van der Waals surface area contributed by atoms with Gasteiger partial charge in [-0.05, 0) is 36.0 Å². The molecule has 20 heavy (non-hydrogen) atoms. The minimum atomic E-state index is -3.49. The van der Waals surface area contributed by atoms with E-state index < -0.39 is 16.1 Å². The van der Waals surface area contributed by atoms with Crippen LogP contribution in [0.1, 0.15) is 39.7 Å². The van der Waals surface area contributed by atoms with Gasteiger partial charge in [0.05, 0.1) is 11.0 Å². The van der Waals surface area contributed by atoms with Crippen molar-refractivity contribution in [3.8, 4) is 0 Å². The number of benzene rings is 1. The smallest absolute Gasteiger partial charge is 0.240 e. The lowest BCUT2D eigenvalue weighted by molar-refractivity contribution is 0.0571. The third kappa shape index (κ3) is 4.89. The molecule has 0 saturated heterocycles. The Morgan fingerprint density at radius 1 is 1.20 bits per heavy atom. The zero-order valence-electron chi connectivity index (χ0n) is 12.7. The molecule has 1 aromatic rings. The van der Waals surface area contributed by atoms with Crippen LogP contribution in [0.3, 0.4) is 0 Å². The Morgan fingerprint density at radius 2 is 1.75 bits per heavy atom. The van der Waals surface area contributed by atoms with E-state index in [2.05, 4.69) is 4.72 Å². The summed E-state index contributed by atoms with van der Waals surface area (Å²) in [6.07, 6.45) is 0.745. The van der Waals surface area contributed by atoms with Crippen molar-refractivity contribution in [3.63, 3.8) is 0 Å². The van der Waals surface area contributed by atoms with Crippen LogP contribution < -0.4 is 4.72 Å². The van der Waals surface area contributed by atoms with E-state index >= 15 is 0 Å². The van der Waals surface area contributed by atoms with Crippen LogP contribution in [-0.2, 0) is 16.4 Å². The van der Waals surface area contributed by atoms with Crippen LogP contribution in [-0.4, -0.2) is 26.2 Å². The van der Waals surface area contributed by atoms with Crippen molar-refractivity contribution in [1.82, 2.24) is 4.72 Å². The first-order chi connectivity index (χ1) is 9.16. The molecule has 1 rings (SSSR count). The van der Waals surface area contributed by atoms with Crippen LogP contribution >= 0.6 is 0 Å². The zero-order valence-corrected chi connectivity index (χ0v) is 13.5. The molecule has 0 aliphatic heterocycles. The van der Waals surface area contributed by atoms with E-state index in [1.165, 1.54) is 0 Å². The Hall–Kier alpha value is -0.910. The van der Waals surface area contributed by atoms with Gasteiger partial charge in [-0.3, -0.25) is 0 Å². The molecule has 0 aliphatic carbocycles. The number of nitrogens with one attached hydrogen (secondary N) is 1. The van der Waals surface area contributed by atoms with Gasteiger partial charge in [-0.2, -0.15) is 0 Å². The van der Waals surface area contributed by atoms with E-state index in [0.29, 0.717) is 6.42 Å². The van der Waals surface area contributed by atoms with Gasteiger partial charge in [-0.15, -0.1) is 0 Å². The van der Waals surface area contributed by atoms with Crippen molar-refractivity contribution < 1.29 is 13.5 Å². The first kappa shape index (κ1) is 17.1. The van der Waals surface area contributed by atoms with Gasteiger partial charge >= 0.3 is 0 Å². The summed E-state index contributed by atoms with van der Waals surface area (Å²) in [7, 11) is -3.49. The summed E-state index contributed by atoms with van der Waals surface area (Å²) in [6.45, 7) is 8.03. The highest BCUT2D eigenvalue weighted by atomic mass is 32.2. The fourth-order valence-corrected chi connectivity index (χ4v) is 2.80. The van der Waals surface area contributed by atoms with E-state index in [1.807, 2.05) is 39.8 Å². The van der Waals surface area contributed by atoms with Crippen LogP contribution in [0.5, 0.6) is 0 Å². The van der Waals surface area contributed by atoms with Gasteiger partial charge in [-0.25, -0.2) is 13.1 Å². The van der Waals surface area contributed by atoms with Crippen molar-refractivity contribution in [3.05, 3.63) is 29.8 Å². The SMILES string of the molecule is CCc1ccc(S(=O)(=O)NCCC(O)C(C)(C)C)cc1. The predicted octanol–water partition coefficient (Wildman–Crippen LogP) is 2.32. The summed E-state index contributed by atoms with van der Waals surface area (Å²) in [5, 5.41) is 9.89. The number of hydrogen-bond donors (Lipinski definition) is 2. The molecule has 0 amide bonds. The molecule has 0 saturated carbocycles. The molecule has 4 nitrogen and oxygen atoms in total. The summed E-state index contributed by atoms with van der Waals surface area (Å²) in [4.78, 5) is 0.264. The maximum Gasteiger partial charge on any atom is 0.240 e. The van der Waals surface area contributed by atoms with Gasteiger partial charge in [0.15, 0.2) is 0 Å². The number of aliphatic hydroxyl groups excluding tert-OH is 1. The van der Waals surface area contributed by atoms with Crippen molar-refractivity contribution in [2.45, 2.75) is 51.5 Å². The highest BCUT2D eigenvalue weighted by molar-refractivity contribution is 7.89. The highest BCUT2D eigenvalue weighted by Gasteiger charge is 2.22. The highest BCUT2D eigenvalue weighted by Crippen LogP contribution is 2.21. The van der Waals surface area contributed by atoms with E-state index in [9.17, 15) is 13.5 Å². The Morgan fingerprint density at radius 3 is 2.20 bits per heavy atom. The first-order valence-electron chi connectivity index (χ1n) is 6.93. The number of sulfonamides is 1. The summed E-state index contributed by atoms with van der Waals surface area (Å²) in [5.41, 5.74) is 0.862. The molecule has 5 heteroatoms.